The highest BCUT2D eigenvalue weighted by atomic mass is 35.5. The summed E-state index contributed by atoms with van der Waals surface area (Å²) < 4.78 is 38.2. The smallest absolute Gasteiger partial charge is 0.316 e. The first-order chi connectivity index (χ1) is 7.48. The molecular weight excluding hydrogens is 239 g/mol. The van der Waals surface area contributed by atoms with E-state index in [-0.39, 0.29) is 16.5 Å². The molecule has 1 aliphatic rings. The van der Waals surface area contributed by atoms with Crippen LogP contribution in [0.4, 0.5) is 13.2 Å². The number of benzene rings is 1. The lowest BCUT2D eigenvalue weighted by molar-refractivity contribution is -0.138. The fourth-order valence-corrected chi connectivity index (χ4v) is 2.06. The summed E-state index contributed by atoms with van der Waals surface area (Å²) in [6, 6.07) is 3.94. The Bertz CT molecular complexity index is 385. The van der Waals surface area contributed by atoms with Gasteiger partial charge in [-0.25, -0.2) is 0 Å². The molecule has 0 radical (unpaired) electrons. The van der Waals surface area contributed by atoms with Gasteiger partial charge in [-0.2, -0.15) is 13.2 Å². The minimum atomic E-state index is -4.32. The Labute approximate surface area is 96.6 Å². The first-order valence-electron chi connectivity index (χ1n) is 5.04. The van der Waals surface area contributed by atoms with Crippen LogP contribution in [0.1, 0.15) is 11.1 Å². The van der Waals surface area contributed by atoms with Crippen molar-refractivity contribution in [1.82, 2.24) is 5.32 Å². The van der Waals surface area contributed by atoms with Gasteiger partial charge in [0.05, 0.1) is 5.56 Å². The third-order valence-corrected chi connectivity index (χ3v) is 3.14. The van der Waals surface area contributed by atoms with Crippen molar-refractivity contribution in [2.45, 2.75) is 12.6 Å². The van der Waals surface area contributed by atoms with Crippen molar-refractivity contribution in [2.24, 2.45) is 5.92 Å². The van der Waals surface area contributed by atoms with Gasteiger partial charge in [-0.3, -0.25) is 0 Å². The second-order valence-corrected chi connectivity index (χ2v) is 4.40. The van der Waals surface area contributed by atoms with Gasteiger partial charge in [0.15, 0.2) is 0 Å². The lowest BCUT2D eigenvalue weighted by Crippen LogP contribution is -2.43. The third kappa shape index (κ3) is 2.33. The molecule has 1 nitrogen and oxygen atoms in total. The van der Waals surface area contributed by atoms with Crippen LogP contribution in [0.15, 0.2) is 18.2 Å². The normalized spacial score (nSPS) is 17.2. The second-order valence-electron chi connectivity index (χ2n) is 3.99. The van der Waals surface area contributed by atoms with E-state index >= 15 is 0 Å². The second kappa shape index (κ2) is 4.26. The van der Waals surface area contributed by atoms with Crippen LogP contribution in [0.3, 0.4) is 0 Å². The fraction of sp³-hybridized carbons (Fsp3) is 0.455. The predicted octanol–water partition coefficient (Wildman–Crippen LogP) is 3.12. The summed E-state index contributed by atoms with van der Waals surface area (Å²) in [6.07, 6.45) is -3.93. The van der Waals surface area contributed by atoms with E-state index in [1.165, 1.54) is 12.1 Å². The number of hydrogen-bond acceptors (Lipinski definition) is 1. The van der Waals surface area contributed by atoms with Gasteiger partial charge in [-0.1, -0.05) is 17.7 Å². The zero-order chi connectivity index (χ0) is 11.8. The molecule has 88 valence electrons. The highest BCUT2D eigenvalue weighted by Crippen LogP contribution is 2.36. The standard InChI is InChI=1S/C11H11ClF3N/c12-10-3-1-2-9(11(13,14)15)8(10)4-7-5-16-6-7/h1-3,7,16H,4-6H2. The van der Waals surface area contributed by atoms with Crippen LogP contribution in [0.25, 0.3) is 0 Å². The lowest BCUT2D eigenvalue weighted by atomic mass is 9.91. The van der Waals surface area contributed by atoms with Crippen molar-refractivity contribution >= 4 is 11.6 Å². The Morgan fingerprint density at radius 3 is 2.50 bits per heavy atom. The molecule has 1 aliphatic heterocycles. The van der Waals surface area contributed by atoms with Gasteiger partial charge in [0.1, 0.15) is 0 Å². The molecule has 1 heterocycles. The Morgan fingerprint density at radius 2 is 2.00 bits per heavy atom. The monoisotopic (exact) mass is 249 g/mol. The Hall–Kier alpha value is -0.740. The molecule has 2 rings (SSSR count). The molecular formula is C11H11ClF3N. The number of halogens is 4. The number of hydrogen-bond donors (Lipinski definition) is 1. The molecule has 0 spiro atoms. The Kier molecular flexibility index (Phi) is 3.13. The number of alkyl halides is 3. The van der Waals surface area contributed by atoms with Gasteiger partial charge in [-0.05, 0) is 43.1 Å². The third-order valence-electron chi connectivity index (χ3n) is 2.78. The van der Waals surface area contributed by atoms with Crippen LogP contribution >= 0.6 is 11.6 Å². The largest absolute Gasteiger partial charge is 0.416 e. The minimum Gasteiger partial charge on any atom is -0.316 e. The van der Waals surface area contributed by atoms with E-state index in [1.54, 1.807) is 0 Å². The maximum absolute atomic E-state index is 12.7. The van der Waals surface area contributed by atoms with Crippen LogP contribution < -0.4 is 5.32 Å². The molecule has 1 saturated heterocycles. The summed E-state index contributed by atoms with van der Waals surface area (Å²) in [5, 5.41) is 3.24. The molecule has 0 aliphatic carbocycles. The summed E-state index contributed by atoms with van der Waals surface area (Å²) in [4.78, 5) is 0. The average molecular weight is 250 g/mol. The van der Waals surface area contributed by atoms with E-state index < -0.39 is 11.7 Å². The zero-order valence-electron chi connectivity index (χ0n) is 8.44. The first kappa shape index (κ1) is 11.7. The number of nitrogens with one attached hydrogen (secondary N) is 1. The van der Waals surface area contributed by atoms with Crippen molar-refractivity contribution in [1.29, 1.82) is 0 Å². The van der Waals surface area contributed by atoms with Crippen molar-refractivity contribution in [3.8, 4) is 0 Å². The molecule has 1 N–H and O–H groups in total. The topological polar surface area (TPSA) is 12.0 Å². The van der Waals surface area contributed by atoms with Gasteiger partial charge in [-0.15, -0.1) is 0 Å². The van der Waals surface area contributed by atoms with Crippen LogP contribution in [-0.4, -0.2) is 13.1 Å². The summed E-state index contributed by atoms with van der Waals surface area (Å²) in [6.45, 7) is 1.53. The molecule has 0 bridgehead atoms. The lowest BCUT2D eigenvalue weighted by Gasteiger charge is -2.28. The molecule has 0 saturated carbocycles. The highest BCUT2D eigenvalue weighted by molar-refractivity contribution is 6.31. The molecule has 1 aromatic rings. The van der Waals surface area contributed by atoms with E-state index in [1.807, 2.05) is 0 Å². The van der Waals surface area contributed by atoms with E-state index in [0.717, 1.165) is 19.2 Å². The molecule has 0 amide bonds. The van der Waals surface area contributed by atoms with Crippen LogP contribution in [-0.2, 0) is 12.6 Å². The van der Waals surface area contributed by atoms with Crippen LogP contribution in [0.5, 0.6) is 0 Å². The molecule has 1 aromatic carbocycles. The van der Waals surface area contributed by atoms with Gasteiger partial charge in [0, 0.05) is 5.02 Å². The molecule has 0 unspecified atom stereocenters. The van der Waals surface area contributed by atoms with E-state index in [2.05, 4.69) is 5.32 Å². The van der Waals surface area contributed by atoms with Gasteiger partial charge >= 0.3 is 6.18 Å². The van der Waals surface area contributed by atoms with Crippen molar-refractivity contribution < 1.29 is 13.2 Å². The highest BCUT2D eigenvalue weighted by Gasteiger charge is 2.35. The molecule has 1 fully saturated rings. The van der Waals surface area contributed by atoms with Gasteiger partial charge in [0.2, 0.25) is 0 Å². The summed E-state index contributed by atoms with van der Waals surface area (Å²) in [5.41, 5.74) is -0.380. The van der Waals surface area contributed by atoms with Crippen molar-refractivity contribution in [3.63, 3.8) is 0 Å². The molecule has 0 aromatic heterocycles. The van der Waals surface area contributed by atoms with Crippen LogP contribution in [0, 0.1) is 5.92 Å². The van der Waals surface area contributed by atoms with Crippen molar-refractivity contribution in [3.05, 3.63) is 34.3 Å². The molecule has 16 heavy (non-hydrogen) atoms. The minimum absolute atomic E-state index is 0.210. The maximum Gasteiger partial charge on any atom is 0.416 e. The number of rotatable bonds is 2. The summed E-state index contributed by atoms with van der Waals surface area (Å²) >= 11 is 5.84. The summed E-state index contributed by atoms with van der Waals surface area (Å²) in [7, 11) is 0. The van der Waals surface area contributed by atoms with Gasteiger partial charge in [0.25, 0.3) is 0 Å². The van der Waals surface area contributed by atoms with Crippen LogP contribution in [0.2, 0.25) is 5.02 Å². The maximum atomic E-state index is 12.7. The van der Waals surface area contributed by atoms with E-state index in [9.17, 15) is 13.2 Å². The fourth-order valence-electron chi connectivity index (χ4n) is 1.81. The first-order valence-corrected chi connectivity index (χ1v) is 5.41. The van der Waals surface area contributed by atoms with E-state index in [4.69, 9.17) is 11.6 Å². The van der Waals surface area contributed by atoms with Gasteiger partial charge < -0.3 is 5.32 Å². The predicted molar refractivity (Wildman–Crippen MR) is 56.5 cm³/mol. The quantitative estimate of drug-likeness (QED) is 0.849. The average Bonchev–Trinajstić information content (AvgIpc) is 2.11. The Morgan fingerprint density at radius 1 is 1.31 bits per heavy atom. The van der Waals surface area contributed by atoms with Crippen molar-refractivity contribution in [2.75, 3.05) is 13.1 Å². The SMILES string of the molecule is FC(F)(F)c1cccc(Cl)c1CC1CNC1. The zero-order valence-corrected chi connectivity index (χ0v) is 9.20. The molecule has 0 atom stereocenters. The molecule has 5 heteroatoms. The Balaban J connectivity index is 2.32. The van der Waals surface area contributed by atoms with E-state index in [0.29, 0.717) is 6.42 Å². The summed E-state index contributed by atoms with van der Waals surface area (Å²) in [5.74, 6) is 0.265.